The predicted octanol–water partition coefficient (Wildman–Crippen LogP) is 3.54. The van der Waals surface area contributed by atoms with Gasteiger partial charge in [0.05, 0.1) is 5.56 Å². The number of hydrogen-bond donors (Lipinski definition) is 2. The van der Waals surface area contributed by atoms with E-state index in [1.165, 1.54) is 23.9 Å². The first-order valence-corrected chi connectivity index (χ1v) is 8.88. The van der Waals surface area contributed by atoms with Gasteiger partial charge in [-0.3, -0.25) is 9.59 Å². The molecule has 0 bridgehead atoms. The number of H-pyrrole nitrogens is 1. The molecule has 0 radical (unpaired) electrons. The van der Waals surface area contributed by atoms with Crippen LogP contribution in [0.1, 0.15) is 36.8 Å². The van der Waals surface area contributed by atoms with Gasteiger partial charge in [-0.05, 0) is 18.6 Å². The molecule has 1 atom stereocenters. The largest absolute Gasteiger partial charge is 0.310 e. The third kappa shape index (κ3) is 3.18. The molecule has 24 heavy (non-hydrogen) atoms. The number of anilines is 1. The monoisotopic (exact) mass is 367 g/mol. The number of halogens is 2. The molecule has 0 saturated carbocycles. The maximum atomic E-state index is 14.3. The summed E-state index contributed by atoms with van der Waals surface area (Å²) in [6.45, 7) is 2.02. The van der Waals surface area contributed by atoms with Crippen LogP contribution in [0.4, 0.5) is 10.2 Å². The fourth-order valence-electron chi connectivity index (χ4n) is 2.71. The highest BCUT2D eigenvalue weighted by Gasteiger charge is 2.33. The number of thioether (sulfide) groups is 1. The van der Waals surface area contributed by atoms with E-state index in [0.717, 1.165) is 12.2 Å². The molecule has 0 aliphatic carbocycles. The minimum absolute atomic E-state index is 0.0557. The summed E-state index contributed by atoms with van der Waals surface area (Å²) in [5.41, 5.74) is 0.00176. The van der Waals surface area contributed by atoms with Crippen LogP contribution in [0.2, 0.25) is 5.02 Å². The van der Waals surface area contributed by atoms with E-state index in [-0.39, 0.29) is 39.9 Å². The zero-order chi connectivity index (χ0) is 17.3. The second kappa shape index (κ2) is 6.94. The normalized spacial score (nSPS) is 16.6. The molecular weight excluding hydrogens is 353 g/mol. The highest BCUT2D eigenvalue weighted by molar-refractivity contribution is 7.99. The van der Waals surface area contributed by atoms with Crippen LogP contribution in [0.15, 0.2) is 28.2 Å². The molecule has 5 nitrogen and oxygen atoms in total. The number of fused-ring (bicyclic) bond motifs is 1. The van der Waals surface area contributed by atoms with Gasteiger partial charge in [-0.15, -0.1) is 0 Å². The fourth-order valence-corrected chi connectivity index (χ4v) is 3.72. The number of carbonyl (C=O) groups is 1. The Balaban J connectivity index is 2.13. The van der Waals surface area contributed by atoms with Gasteiger partial charge in [0.1, 0.15) is 11.6 Å². The van der Waals surface area contributed by atoms with Crippen molar-refractivity contribution in [2.24, 2.45) is 0 Å². The average molecular weight is 368 g/mol. The van der Waals surface area contributed by atoms with Crippen molar-refractivity contribution >= 4 is 35.1 Å². The highest BCUT2D eigenvalue weighted by atomic mass is 35.5. The van der Waals surface area contributed by atoms with Crippen LogP contribution in [0.5, 0.6) is 0 Å². The van der Waals surface area contributed by atoms with Crippen molar-refractivity contribution in [3.05, 3.63) is 50.5 Å². The Morgan fingerprint density at radius 3 is 2.88 bits per heavy atom. The minimum atomic E-state index is -0.760. The van der Waals surface area contributed by atoms with E-state index in [4.69, 9.17) is 11.6 Å². The van der Waals surface area contributed by atoms with Gasteiger partial charge in [0, 0.05) is 28.7 Å². The molecule has 1 aliphatic heterocycles. The van der Waals surface area contributed by atoms with Gasteiger partial charge in [-0.2, -0.15) is 0 Å². The molecule has 2 aromatic rings. The Labute approximate surface area is 147 Å². The van der Waals surface area contributed by atoms with Crippen molar-refractivity contribution in [1.29, 1.82) is 0 Å². The summed E-state index contributed by atoms with van der Waals surface area (Å²) < 4.78 is 14.3. The number of aromatic nitrogens is 2. The number of nitrogens with one attached hydrogen (secondary N) is 2. The maximum Gasteiger partial charge on any atom is 0.257 e. The Kier molecular flexibility index (Phi) is 4.91. The summed E-state index contributed by atoms with van der Waals surface area (Å²) in [5.74, 6) is -0.659. The molecule has 2 N–H and O–H groups in total. The number of nitrogens with zero attached hydrogens (tertiary/aromatic N) is 1. The lowest BCUT2D eigenvalue weighted by molar-refractivity contribution is -0.116. The first-order valence-electron chi connectivity index (χ1n) is 7.52. The minimum Gasteiger partial charge on any atom is -0.310 e. The van der Waals surface area contributed by atoms with Crippen molar-refractivity contribution in [2.75, 3.05) is 11.1 Å². The van der Waals surface area contributed by atoms with Crippen LogP contribution in [0.3, 0.4) is 0 Å². The molecule has 0 fully saturated rings. The van der Waals surface area contributed by atoms with E-state index < -0.39 is 11.7 Å². The van der Waals surface area contributed by atoms with E-state index in [9.17, 15) is 14.0 Å². The average Bonchev–Trinajstić information content (AvgIpc) is 2.52. The second-order valence-electron chi connectivity index (χ2n) is 5.42. The molecule has 0 unspecified atom stereocenters. The van der Waals surface area contributed by atoms with Crippen molar-refractivity contribution in [3.8, 4) is 0 Å². The lowest BCUT2D eigenvalue weighted by atomic mass is 9.86. The smallest absolute Gasteiger partial charge is 0.257 e. The summed E-state index contributed by atoms with van der Waals surface area (Å²) in [6, 6.07) is 4.29. The van der Waals surface area contributed by atoms with Gasteiger partial charge in [-0.25, -0.2) is 9.37 Å². The van der Waals surface area contributed by atoms with Crippen molar-refractivity contribution in [3.63, 3.8) is 0 Å². The van der Waals surface area contributed by atoms with Crippen molar-refractivity contribution in [2.45, 2.75) is 30.8 Å². The molecule has 126 valence electrons. The van der Waals surface area contributed by atoms with E-state index in [0.29, 0.717) is 5.16 Å². The van der Waals surface area contributed by atoms with Gasteiger partial charge in [0.15, 0.2) is 5.16 Å². The van der Waals surface area contributed by atoms with Crippen LogP contribution >= 0.6 is 23.4 Å². The number of amides is 1. The van der Waals surface area contributed by atoms with Crippen LogP contribution in [-0.4, -0.2) is 21.6 Å². The summed E-state index contributed by atoms with van der Waals surface area (Å²) in [6.07, 6.45) is 0.866. The second-order valence-corrected chi connectivity index (χ2v) is 6.91. The summed E-state index contributed by atoms with van der Waals surface area (Å²) in [7, 11) is 0. The van der Waals surface area contributed by atoms with E-state index in [2.05, 4.69) is 15.3 Å². The van der Waals surface area contributed by atoms with Crippen molar-refractivity contribution in [1.82, 2.24) is 9.97 Å². The molecule has 0 spiro atoms. The first kappa shape index (κ1) is 17.0. The Morgan fingerprint density at radius 2 is 2.17 bits per heavy atom. The lowest BCUT2D eigenvalue weighted by Gasteiger charge is -2.25. The van der Waals surface area contributed by atoms with E-state index >= 15 is 0 Å². The summed E-state index contributed by atoms with van der Waals surface area (Å²) in [4.78, 5) is 31.6. The number of rotatable bonds is 4. The fraction of sp³-hybridized carbons (Fsp3) is 0.312. The predicted molar refractivity (Wildman–Crippen MR) is 92.4 cm³/mol. The van der Waals surface area contributed by atoms with Crippen LogP contribution in [0, 0.1) is 5.82 Å². The Bertz CT molecular complexity index is 835. The molecule has 1 aromatic heterocycles. The van der Waals surface area contributed by atoms with Gasteiger partial charge >= 0.3 is 0 Å². The third-order valence-electron chi connectivity index (χ3n) is 3.72. The molecule has 8 heteroatoms. The highest BCUT2D eigenvalue weighted by Crippen LogP contribution is 2.38. The number of hydrogen-bond acceptors (Lipinski definition) is 4. The zero-order valence-electron chi connectivity index (χ0n) is 12.9. The van der Waals surface area contributed by atoms with Gasteiger partial charge in [0.25, 0.3) is 5.56 Å². The summed E-state index contributed by atoms with van der Waals surface area (Å²) >= 11 is 7.51. The number of benzene rings is 1. The zero-order valence-corrected chi connectivity index (χ0v) is 14.4. The first-order chi connectivity index (χ1) is 11.5. The van der Waals surface area contributed by atoms with Crippen LogP contribution in [0.25, 0.3) is 0 Å². The van der Waals surface area contributed by atoms with Crippen LogP contribution < -0.4 is 10.9 Å². The van der Waals surface area contributed by atoms with Gasteiger partial charge in [0.2, 0.25) is 5.91 Å². The number of carbonyl (C=O) groups excluding carboxylic acids is 1. The van der Waals surface area contributed by atoms with Crippen molar-refractivity contribution < 1.29 is 9.18 Å². The topological polar surface area (TPSA) is 74.8 Å². The number of aromatic amines is 1. The third-order valence-corrected chi connectivity index (χ3v) is 5.13. The quantitative estimate of drug-likeness (QED) is 0.640. The summed E-state index contributed by atoms with van der Waals surface area (Å²) in [5, 5.41) is 3.22. The van der Waals surface area contributed by atoms with Gasteiger partial charge < -0.3 is 10.3 Å². The lowest BCUT2D eigenvalue weighted by Crippen LogP contribution is -2.31. The molecule has 1 aromatic carbocycles. The Morgan fingerprint density at radius 1 is 1.38 bits per heavy atom. The molecule has 1 amide bonds. The molecular formula is C16H15ClFN3O2S. The molecule has 2 heterocycles. The maximum absolute atomic E-state index is 14.3. The van der Waals surface area contributed by atoms with Crippen LogP contribution in [-0.2, 0) is 4.79 Å². The molecule has 1 aliphatic rings. The SMILES string of the molecule is CCCSc1nc2c(c(=O)[nH]1)[C@H](c1c(F)cccc1Cl)CC(=O)N2. The molecule has 3 rings (SSSR count). The standard InChI is InChI=1S/C16H15ClFN3O2S/c1-2-6-24-16-20-14-13(15(23)21-16)8(7-11(22)19-14)12-9(17)4-3-5-10(12)18/h3-5,8H,2,6-7H2,1H3,(H2,19,20,21,22,23)/t8-/m0/s1. The Hall–Kier alpha value is -1.86. The van der Waals surface area contributed by atoms with Gasteiger partial charge in [-0.1, -0.05) is 36.4 Å². The van der Waals surface area contributed by atoms with E-state index in [1.54, 1.807) is 6.07 Å². The van der Waals surface area contributed by atoms with E-state index in [1.807, 2.05) is 6.92 Å². The molecule has 0 saturated heterocycles.